The van der Waals surface area contributed by atoms with Crippen LogP contribution in [0.25, 0.3) is 0 Å². The van der Waals surface area contributed by atoms with Crippen molar-refractivity contribution in [2.45, 2.75) is 31.2 Å². The van der Waals surface area contributed by atoms with Crippen molar-refractivity contribution in [1.29, 1.82) is 0 Å². The summed E-state index contributed by atoms with van der Waals surface area (Å²) in [5.41, 5.74) is 0.542. The molecule has 0 saturated heterocycles. The fourth-order valence-corrected chi connectivity index (χ4v) is 2.88. The average Bonchev–Trinajstić information content (AvgIpc) is 2.54. The molecule has 2 amide bonds. The van der Waals surface area contributed by atoms with Crippen LogP contribution < -0.4 is 10.6 Å². The molecule has 0 aliphatic carbocycles. The van der Waals surface area contributed by atoms with Gasteiger partial charge in [0.2, 0.25) is 10.0 Å². The number of hydrogen-bond donors (Lipinski definition) is 2. The van der Waals surface area contributed by atoms with Crippen LogP contribution in [0.5, 0.6) is 0 Å². The number of nitrogens with one attached hydrogen (secondary N) is 2. The summed E-state index contributed by atoms with van der Waals surface area (Å²) in [6.07, 6.45) is 1.06. The summed E-state index contributed by atoms with van der Waals surface area (Å²) in [6.45, 7) is 5.58. The lowest BCUT2D eigenvalue weighted by Crippen LogP contribution is -2.38. The Labute approximate surface area is 145 Å². The van der Waals surface area contributed by atoms with Gasteiger partial charge in [0, 0.05) is 38.9 Å². The van der Waals surface area contributed by atoms with E-state index in [9.17, 15) is 13.2 Å². The number of carbonyl (C=O) groups excluding carboxylic acids is 1. The van der Waals surface area contributed by atoms with Gasteiger partial charge in [-0.3, -0.25) is 0 Å². The highest BCUT2D eigenvalue weighted by molar-refractivity contribution is 7.89. The van der Waals surface area contributed by atoms with Gasteiger partial charge in [-0.2, -0.15) is 0 Å². The highest BCUT2D eigenvalue weighted by atomic mass is 32.2. The molecule has 0 saturated carbocycles. The first-order valence-corrected chi connectivity index (χ1v) is 9.40. The molecule has 1 aromatic carbocycles. The Bertz CT molecular complexity index is 629. The first-order valence-electron chi connectivity index (χ1n) is 7.96. The Hall–Kier alpha value is -1.64. The number of amides is 2. The highest BCUT2D eigenvalue weighted by Gasteiger charge is 2.16. The van der Waals surface area contributed by atoms with Crippen LogP contribution in [0.15, 0.2) is 29.2 Å². The van der Waals surface area contributed by atoms with Crippen LogP contribution in [0, 0.1) is 0 Å². The predicted molar refractivity (Wildman–Crippen MR) is 96.7 cm³/mol. The van der Waals surface area contributed by atoms with E-state index in [4.69, 9.17) is 0 Å². The fourth-order valence-electron chi connectivity index (χ4n) is 1.97. The maximum Gasteiger partial charge on any atom is 0.319 e. The lowest BCUT2D eigenvalue weighted by molar-refractivity contribution is 0.238. The summed E-state index contributed by atoms with van der Waals surface area (Å²) in [5.74, 6) is 0. The van der Waals surface area contributed by atoms with Gasteiger partial charge in [0.05, 0.1) is 4.90 Å². The van der Waals surface area contributed by atoms with E-state index in [0.29, 0.717) is 18.3 Å². The highest BCUT2D eigenvalue weighted by Crippen LogP contribution is 2.16. The van der Waals surface area contributed by atoms with E-state index in [1.54, 1.807) is 12.1 Å². The first-order chi connectivity index (χ1) is 11.2. The number of urea groups is 1. The minimum Gasteiger partial charge on any atom is -0.337 e. The van der Waals surface area contributed by atoms with Crippen molar-refractivity contribution in [3.05, 3.63) is 24.3 Å². The van der Waals surface area contributed by atoms with E-state index in [1.165, 1.54) is 26.2 Å². The third-order valence-corrected chi connectivity index (χ3v) is 5.81. The Morgan fingerprint density at radius 1 is 1.17 bits per heavy atom. The molecule has 1 aromatic rings. The van der Waals surface area contributed by atoms with Crippen LogP contribution >= 0.6 is 0 Å². The van der Waals surface area contributed by atoms with Gasteiger partial charge in [0.25, 0.3) is 0 Å². The number of rotatable bonds is 8. The second-order valence-electron chi connectivity index (χ2n) is 5.93. The smallest absolute Gasteiger partial charge is 0.319 e. The van der Waals surface area contributed by atoms with Gasteiger partial charge >= 0.3 is 6.03 Å². The summed E-state index contributed by atoms with van der Waals surface area (Å²) in [6, 6.07) is 6.25. The molecule has 0 aliphatic heterocycles. The first kappa shape index (κ1) is 20.4. The molecule has 0 aliphatic rings. The molecule has 0 spiro atoms. The average molecular weight is 356 g/mol. The molecule has 8 heteroatoms. The second kappa shape index (κ2) is 9.00. The van der Waals surface area contributed by atoms with E-state index in [0.717, 1.165) is 17.3 Å². The lowest BCUT2D eigenvalue weighted by Gasteiger charge is -2.23. The molecule has 7 nitrogen and oxygen atoms in total. The van der Waals surface area contributed by atoms with Crippen LogP contribution in [0.1, 0.15) is 20.3 Å². The number of nitrogens with zero attached hydrogens (tertiary/aromatic N) is 2. The van der Waals surface area contributed by atoms with E-state index < -0.39 is 10.0 Å². The molecule has 0 unspecified atom stereocenters. The van der Waals surface area contributed by atoms with Gasteiger partial charge in [-0.25, -0.2) is 17.5 Å². The second-order valence-corrected chi connectivity index (χ2v) is 8.08. The fraction of sp³-hybridized carbons (Fsp3) is 0.562. The molecule has 0 radical (unpaired) electrons. The topological polar surface area (TPSA) is 81.8 Å². The predicted octanol–water partition coefficient (Wildman–Crippen LogP) is 1.79. The number of carbonyl (C=O) groups is 1. The minimum atomic E-state index is -3.46. The van der Waals surface area contributed by atoms with Gasteiger partial charge in [-0.1, -0.05) is 6.92 Å². The summed E-state index contributed by atoms with van der Waals surface area (Å²) in [7, 11) is 1.52. The zero-order chi connectivity index (χ0) is 18.3. The minimum absolute atomic E-state index is 0.189. The third kappa shape index (κ3) is 5.77. The number of anilines is 1. The number of hydrogen-bond acceptors (Lipinski definition) is 4. The zero-order valence-electron chi connectivity index (χ0n) is 15.0. The molecule has 0 bridgehead atoms. The molecular weight excluding hydrogens is 328 g/mol. The van der Waals surface area contributed by atoms with Crippen LogP contribution in [0.4, 0.5) is 10.5 Å². The maximum atomic E-state index is 12.0. The molecule has 0 aromatic heterocycles. The van der Waals surface area contributed by atoms with Crippen molar-refractivity contribution in [3.63, 3.8) is 0 Å². The Morgan fingerprint density at radius 2 is 1.75 bits per heavy atom. The maximum absolute atomic E-state index is 12.0. The molecule has 2 N–H and O–H groups in total. The van der Waals surface area contributed by atoms with Gasteiger partial charge in [0.1, 0.15) is 0 Å². The van der Waals surface area contributed by atoms with Crippen molar-refractivity contribution in [3.8, 4) is 0 Å². The molecule has 136 valence electrons. The van der Waals surface area contributed by atoms with Crippen LogP contribution in [-0.2, 0) is 10.0 Å². The van der Waals surface area contributed by atoms with Crippen LogP contribution in [0.2, 0.25) is 0 Å². The SMILES string of the molecule is CC[C@@H](C)N(C)CCNC(=O)Nc1ccc(S(=O)(=O)N(C)C)cc1. The number of likely N-dealkylation sites (N-methyl/N-ethyl adjacent to an activating group) is 1. The van der Waals surface area contributed by atoms with E-state index in [-0.39, 0.29) is 10.9 Å². The van der Waals surface area contributed by atoms with Crippen molar-refractivity contribution >= 4 is 21.7 Å². The normalized spacial score (nSPS) is 13.1. The Morgan fingerprint density at radius 3 is 2.25 bits per heavy atom. The Balaban J connectivity index is 2.51. The van der Waals surface area contributed by atoms with E-state index >= 15 is 0 Å². The molecule has 0 fully saturated rings. The molecule has 1 rings (SSSR count). The van der Waals surface area contributed by atoms with Gasteiger partial charge in [-0.05, 0) is 44.7 Å². The van der Waals surface area contributed by atoms with Gasteiger partial charge < -0.3 is 15.5 Å². The van der Waals surface area contributed by atoms with Gasteiger partial charge in [-0.15, -0.1) is 0 Å². The van der Waals surface area contributed by atoms with E-state index in [2.05, 4.69) is 29.4 Å². The van der Waals surface area contributed by atoms with Crippen molar-refractivity contribution < 1.29 is 13.2 Å². The summed E-state index contributed by atoms with van der Waals surface area (Å²) < 4.78 is 25.1. The Kier molecular flexibility index (Phi) is 7.65. The van der Waals surface area contributed by atoms with Gasteiger partial charge in [0.15, 0.2) is 0 Å². The monoisotopic (exact) mass is 356 g/mol. The summed E-state index contributed by atoms with van der Waals surface area (Å²) in [4.78, 5) is 14.2. The van der Waals surface area contributed by atoms with Crippen molar-refractivity contribution in [2.24, 2.45) is 0 Å². The molecule has 0 heterocycles. The third-order valence-electron chi connectivity index (χ3n) is 3.98. The van der Waals surface area contributed by atoms with Crippen LogP contribution in [0.3, 0.4) is 0 Å². The van der Waals surface area contributed by atoms with Crippen molar-refractivity contribution in [1.82, 2.24) is 14.5 Å². The zero-order valence-corrected chi connectivity index (χ0v) is 15.9. The summed E-state index contributed by atoms with van der Waals surface area (Å²) in [5, 5.41) is 5.48. The number of sulfonamides is 1. The van der Waals surface area contributed by atoms with E-state index in [1.807, 2.05) is 7.05 Å². The lowest BCUT2D eigenvalue weighted by atomic mass is 10.2. The largest absolute Gasteiger partial charge is 0.337 e. The van der Waals surface area contributed by atoms with Crippen molar-refractivity contribution in [2.75, 3.05) is 39.5 Å². The summed E-state index contributed by atoms with van der Waals surface area (Å²) >= 11 is 0. The molecular formula is C16H28N4O3S. The quantitative estimate of drug-likeness (QED) is 0.744. The standard InChI is InChI=1S/C16H28N4O3S/c1-6-13(2)20(5)12-11-17-16(21)18-14-7-9-15(10-8-14)24(22,23)19(3)4/h7-10,13H,6,11-12H2,1-5H3,(H2,17,18,21)/t13-/m1/s1. The number of benzene rings is 1. The molecule has 24 heavy (non-hydrogen) atoms. The molecule has 1 atom stereocenters. The van der Waals surface area contributed by atoms with Crippen LogP contribution in [-0.4, -0.2) is 63.9 Å².